The van der Waals surface area contributed by atoms with Crippen LogP contribution in [0.1, 0.15) is 70.0 Å². The second-order valence-corrected chi connectivity index (χ2v) is 8.50. The van der Waals surface area contributed by atoms with E-state index in [9.17, 15) is 18.0 Å². The third-order valence-corrected chi connectivity index (χ3v) is 5.71. The van der Waals surface area contributed by atoms with Gasteiger partial charge in [0.1, 0.15) is 0 Å². The summed E-state index contributed by atoms with van der Waals surface area (Å²) in [6, 6.07) is 9.06. The zero-order chi connectivity index (χ0) is 21.2. The van der Waals surface area contributed by atoms with Gasteiger partial charge in [0.25, 0.3) is 0 Å². The maximum atomic E-state index is 14.4. The van der Waals surface area contributed by atoms with Crippen LogP contribution >= 0.6 is 0 Å². The fourth-order valence-corrected chi connectivity index (χ4v) is 4.30. The Morgan fingerprint density at radius 2 is 1.83 bits per heavy atom. The smallest absolute Gasteiger partial charge is 0.287 e. The number of hydrogen-bond donors (Lipinski definition) is 1. The van der Waals surface area contributed by atoms with Crippen LogP contribution in [0.4, 0.5) is 13.2 Å². The van der Waals surface area contributed by atoms with Crippen molar-refractivity contribution in [2.75, 3.05) is 0 Å². The lowest BCUT2D eigenvalue weighted by Gasteiger charge is -2.39. The first kappa shape index (κ1) is 21.6. The summed E-state index contributed by atoms with van der Waals surface area (Å²) in [6.07, 6.45) is 0.0799. The van der Waals surface area contributed by atoms with Gasteiger partial charge in [-0.05, 0) is 48.6 Å². The molecule has 1 fully saturated rings. The van der Waals surface area contributed by atoms with E-state index in [2.05, 4.69) is 12.3 Å². The molecule has 3 rings (SSSR count). The molecule has 0 saturated carbocycles. The van der Waals surface area contributed by atoms with Crippen molar-refractivity contribution >= 4 is 16.7 Å². The van der Waals surface area contributed by atoms with E-state index in [0.29, 0.717) is 6.42 Å². The molecule has 0 spiro atoms. The van der Waals surface area contributed by atoms with Gasteiger partial charge in [-0.2, -0.15) is 18.2 Å². The van der Waals surface area contributed by atoms with Crippen LogP contribution in [0.5, 0.6) is 0 Å². The van der Waals surface area contributed by atoms with Crippen molar-refractivity contribution in [2.24, 2.45) is 0 Å². The number of unbranched alkanes of at least 4 members (excludes halogenated alkanes) is 3. The lowest BCUT2D eigenvalue weighted by Crippen LogP contribution is -2.51. The molecule has 1 unspecified atom stereocenters. The monoisotopic (exact) mass is 406 g/mol. The van der Waals surface area contributed by atoms with Gasteiger partial charge in [-0.1, -0.05) is 62.6 Å². The highest BCUT2D eigenvalue weighted by atomic mass is 19.4. The van der Waals surface area contributed by atoms with Gasteiger partial charge in [-0.3, -0.25) is 10.2 Å². The van der Waals surface area contributed by atoms with Crippen LogP contribution in [0, 0.1) is 0 Å². The maximum Gasteiger partial charge on any atom is 0.409 e. The van der Waals surface area contributed by atoms with Crippen LogP contribution in [-0.2, 0) is 11.2 Å². The minimum Gasteiger partial charge on any atom is -0.287 e. The lowest BCUT2D eigenvalue weighted by atomic mass is 9.89. The Labute approximate surface area is 170 Å². The highest BCUT2D eigenvalue weighted by Gasteiger charge is 2.53. The van der Waals surface area contributed by atoms with Crippen molar-refractivity contribution in [3.8, 4) is 0 Å². The molecule has 1 atom stereocenters. The standard InChI is InChI=1S/C23H29F3N2O/c1-4-5-6-7-12-18-17-11-9-8-10-16(17)13-14-19(18)21(23(24,25)26)28-22(2,3)15-20(29)27-28/h8-11,13-14,21H,4-7,12,15H2,1-3H3,(H,27,29). The number of hydrogen-bond acceptors (Lipinski definition) is 2. The third kappa shape index (κ3) is 4.58. The molecule has 158 valence electrons. The van der Waals surface area contributed by atoms with Crippen molar-refractivity contribution in [1.29, 1.82) is 0 Å². The van der Waals surface area contributed by atoms with Gasteiger partial charge in [0.2, 0.25) is 5.91 Å². The van der Waals surface area contributed by atoms with Gasteiger partial charge in [0, 0.05) is 12.0 Å². The molecule has 1 aliphatic heterocycles. The number of nitrogens with one attached hydrogen (secondary N) is 1. The van der Waals surface area contributed by atoms with Crippen LogP contribution in [0.25, 0.3) is 10.8 Å². The summed E-state index contributed by atoms with van der Waals surface area (Å²) in [5.74, 6) is -0.380. The average Bonchev–Trinajstić information content (AvgIpc) is 2.90. The number of carbonyl (C=O) groups is 1. The molecule has 1 saturated heterocycles. The first-order valence-corrected chi connectivity index (χ1v) is 10.3. The quantitative estimate of drug-likeness (QED) is 0.565. The Kier molecular flexibility index (Phi) is 6.22. The number of halogens is 3. The lowest BCUT2D eigenvalue weighted by molar-refractivity contribution is -0.204. The van der Waals surface area contributed by atoms with Crippen molar-refractivity contribution in [3.05, 3.63) is 47.5 Å². The molecule has 2 aromatic carbocycles. The summed E-state index contributed by atoms with van der Waals surface area (Å²) in [4.78, 5) is 12.0. The predicted octanol–water partition coefficient (Wildman–Crippen LogP) is 6.08. The second-order valence-electron chi connectivity index (χ2n) is 8.50. The molecule has 0 radical (unpaired) electrons. The van der Waals surface area contributed by atoms with Crippen LogP contribution in [0.2, 0.25) is 0 Å². The summed E-state index contributed by atoms with van der Waals surface area (Å²) in [7, 11) is 0. The number of alkyl halides is 3. The summed E-state index contributed by atoms with van der Waals surface area (Å²) in [5, 5.41) is 2.90. The minimum absolute atomic E-state index is 0.0407. The molecule has 0 aromatic heterocycles. The normalized spacial score (nSPS) is 18.2. The highest BCUT2D eigenvalue weighted by Crippen LogP contribution is 2.45. The topological polar surface area (TPSA) is 32.3 Å². The van der Waals surface area contributed by atoms with E-state index in [0.717, 1.165) is 47.0 Å². The first-order chi connectivity index (χ1) is 13.6. The largest absolute Gasteiger partial charge is 0.409 e. The molecule has 1 N–H and O–H groups in total. The molecule has 0 bridgehead atoms. The van der Waals surface area contributed by atoms with E-state index in [-0.39, 0.29) is 17.9 Å². The number of nitrogens with zero attached hydrogens (tertiary/aromatic N) is 1. The van der Waals surface area contributed by atoms with Gasteiger partial charge in [-0.15, -0.1) is 0 Å². The Hall–Kier alpha value is -2.08. The van der Waals surface area contributed by atoms with Crippen LogP contribution in [-0.4, -0.2) is 22.6 Å². The van der Waals surface area contributed by atoms with Gasteiger partial charge in [-0.25, -0.2) is 0 Å². The summed E-state index contributed by atoms with van der Waals surface area (Å²) in [6.45, 7) is 5.46. The average molecular weight is 406 g/mol. The van der Waals surface area contributed by atoms with E-state index in [1.807, 2.05) is 24.3 Å². The number of amides is 1. The number of rotatable bonds is 7. The zero-order valence-electron chi connectivity index (χ0n) is 17.3. The Balaban J connectivity index is 2.12. The number of carbonyl (C=O) groups excluding carboxylic acids is 1. The summed E-state index contributed by atoms with van der Waals surface area (Å²) >= 11 is 0. The molecule has 1 heterocycles. The Morgan fingerprint density at radius 1 is 1.10 bits per heavy atom. The van der Waals surface area contributed by atoms with Gasteiger partial charge >= 0.3 is 6.18 Å². The summed E-state index contributed by atoms with van der Waals surface area (Å²) < 4.78 is 43.1. The SMILES string of the molecule is CCCCCCc1c(C(N2NC(=O)CC2(C)C)C(F)(F)F)ccc2ccccc12. The fraction of sp³-hybridized carbons (Fsp3) is 0.522. The molecular formula is C23H29F3N2O. The van der Waals surface area contributed by atoms with E-state index in [1.54, 1.807) is 26.0 Å². The van der Waals surface area contributed by atoms with Crippen molar-refractivity contribution in [1.82, 2.24) is 10.4 Å². The first-order valence-electron chi connectivity index (χ1n) is 10.3. The molecule has 6 heteroatoms. The number of fused-ring (bicyclic) bond motifs is 1. The van der Waals surface area contributed by atoms with E-state index in [1.165, 1.54) is 0 Å². The zero-order valence-corrected chi connectivity index (χ0v) is 17.3. The molecule has 1 aliphatic rings. The number of aryl methyl sites for hydroxylation is 1. The minimum atomic E-state index is -4.52. The predicted molar refractivity (Wildman–Crippen MR) is 109 cm³/mol. The summed E-state index contributed by atoms with van der Waals surface area (Å²) in [5.41, 5.74) is 2.52. The highest BCUT2D eigenvalue weighted by molar-refractivity contribution is 5.87. The van der Waals surface area contributed by atoms with Crippen LogP contribution in [0.3, 0.4) is 0 Å². The van der Waals surface area contributed by atoms with Crippen LogP contribution in [0.15, 0.2) is 36.4 Å². The van der Waals surface area contributed by atoms with E-state index >= 15 is 0 Å². The molecular weight excluding hydrogens is 377 g/mol. The second kappa shape index (κ2) is 8.34. The molecule has 0 aliphatic carbocycles. The van der Waals surface area contributed by atoms with E-state index < -0.39 is 17.8 Å². The molecule has 29 heavy (non-hydrogen) atoms. The maximum absolute atomic E-state index is 14.4. The van der Waals surface area contributed by atoms with Crippen LogP contribution < -0.4 is 5.43 Å². The fourth-order valence-electron chi connectivity index (χ4n) is 4.30. The van der Waals surface area contributed by atoms with Crippen molar-refractivity contribution in [3.63, 3.8) is 0 Å². The third-order valence-electron chi connectivity index (χ3n) is 5.71. The Morgan fingerprint density at radius 3 is 2.45 bits per heavy atom. The molecule has 3 nitrogen and oxygen atoms in total. The molecule has 2 aromatic rings. The Bertz CT molecular complexity index is 876. The van der Waals surface area contributed by atoms with E-state index in [4.69, 9.17) is 0 Å². The van der Waals surface area contributed by atoms with Gasteiger partial charge < -0.3 is 0 Å². The van der Waals surface area contributed by atoms with Crippen molar-refractivity contribution < 1.29 is 18.0 Å². The molecule has 1 amide bonds. The van der Waals surface area contributed by atoms with Gasteiger partial charge in [0.15, 0.2) is 6.04 Å². The van der Waals surface area contributed by atoms with Gasteiger partial charge in [0.05, 0.1) is 0 Å². The van der Waals surface area contributed by atoms with Crippen molar-refractivity contribution in [2.45, 2.75) is 77.1 Å². The number of benzene rings is 2. The number of hydrazine groups is 1.